The summed E-state index contributed by atoms with van der Waals surface area (Å²) in [5.41, 5.74) is 3.68. The zero-order valence-electron chi connectivity index (χ0n) is 24.6. The summed E-state index contributed by atoms with van der Waals surface area (Å²) >= 11 is 0. The highest BCUT2D eigenvalue weighted by Gasteiger charge is 2.54. The third kappa shape index (κ3) is 6.06. The molecule has 3 saturated heterocycles. The number of allylic oxidation sites excluding steroid dienone is 1. The Labute approximate surface area is 251 Å². The number of fused-ring (bicyclic) bond motifs is 3. The van der Waals surface area contributed by atoms with Gasteiger partial charge in [0.2, 0.25) is 0 Å². The van der Waals surface area contributed by atoms with Gasteiger partial charge in [-0.15, -0.1) is 0 Å². The van der Waals surface area contributed by atoms with Crippen LogP contribution in [0.5, 0.6) is 0 Å². The summed E-state index contributed by atoms with van der Waals surface area (Å²) in [6, 6.07) is 8.81. The van der Waals surface area contributed by atoms with Crippen molar-refractivity contribution in [2.45, 2.75) is 25.6 Å². The third-order valence-electron chi connectivity index (χ3n) is 9.10. The Morgan fingerprint density at radius 2 is 1.86 bits per heavy atom. The van der Waals surface area contributed by atoms with Crippen LogP contribution < -0.4 is 5.32 Å². The second-order valence-electron chi connectivity index (χ2n) is 12.3. The van der Waals surface area contributed by atoms with E-state index in [1.54, 1.807) is 25.1 Å². The summed E-state index contributed by atoms with van der Waals surface area (Å²) in [4.78, 5) is 26.8. The number of carbonyl (C=O) groups is 1. The van der Waals surface area contributed by atoms with Gasteiger partial charge in [0.15, 0.2) is 5.78 Å². The smallest absolute Gasteiger partial charge is 0.159 e. The van der Waals surface area contributed by atoms with Crippen LogP contribution in [-0.2, 0) is 20.7 Å². The second kappa shape index (κ2) is 11.8. The van der Waals surface area contributed by atoms with Crippen molar-refractivity contribution in [1.29, 1.82) is 0 Å². The molecule has 3 aliphatic heterocycles. The Hall–Kier alpha value is -3.68. The highest BCUT2D eigenvalue weighted by Crippen LogP contribution is 2.50. The predicted octanol–water partition coefficient (Wildman–Crippen LogP) is 3.75. The minimum absolute atomic E-state index is 0.0111. The van der Waals surface area contributed by atoms with Crippen molar-refractivity contribution in [2.75, 3.05) is 58.3 Å². The second-order valence-corrected chi connectivity index (χ2v) is 12.3. The standard InChI is InChI=1S/C34H36FN5O3/c1-21-12-24(6-8-30(21)35)38-34-27-14-23(13-25(41)4-3-9-40-18-32-33(19-40)43-11-10-42-32)22(15-31(27)36-20-37-34)5-7-26-28-16-39(2)17-29(26)28/h3-4,6,8,12,14-15,20,26,28-29,32-33H,9-11,13,16-19H2,1-2H3,(H,36,37,38)/b4-3+. The molecule has 1 N–H and O–H groups in total. The number of nitrogens with zero attached hydrogens (tertiary/aromatic N) is 4. The first kappa shape index (κ1) is 28.1. The molecule has 0 bridgehead atoms. The quantitative estimate of drug-likeness (QED) is 0.334. The number of ether oxygens (including phenoxy) is 2. The number of hydrogen-bond acceptors (Lipinski definition) is 8. The molecular formula is C34H36FN5O3. The molecule has 3 aromatic rings. The number of piperidine rings is 1. The van der Waals surface area contributed by atoms with Crippen LogP contribution in [0.1, 0.15) is 16.7 Å². The Kier molecular flexibility index (Phi) is 7.70. The van der Waals surface area contributed by atoms with Crippen LogP contribution in [0.4, 0.5) is 15.9 Å². The number of aryl methyl sites for hydroxylation is 1. The average molecular weight is 582 g/mol. The Balaban J connectivity index is 1.13. The van der Waals surface area contributed by atoms with E-state index in [2.05, 4.69) is 44.0 Å². The molecule has 7 rings (SSSR count). The van der Waals surface area contributed by atoms with Crippen LogP contribution >= 0.6 is 0 Å². The van der Waals surface area contributed by atoms with Gasteiger partial charge < -0.3 is 19.7 Å². The van der Waals surface area contributed by atoms with Gasteiger partial charge in [-0.3, -0.25) is 9.69 Å². The Bertz CT molecular complexity index is 1620. The number of anilines is 2. The lowest BCUT2D eigenvalue weighted by atomic mass is 9.99. The molecule has 0 amide bonds. The monoisotopic (exact) mass is 581 g/mol. The number of aromatic nitrogens is 2. The fourth-order valence-electron chi connectivity index (χ4n) is 6.75. The van der Waals surface area contributed by atoms with E-state index in [1.165, 1.54) is 12.4 Å². The lowest BCUT2D eigenvalue weighted by molar-refractivity contribution is -0.116. The zero-order chi connectivity index (χ0) is 29.5. The molecule has 43 heavy (non-hydrogen) atoms. The summed E-state index contributed by atoms with van der Waals surface area (Å²) in [6.45, 7) is 7.51. The summed E-state index contributed by atoms with van der Waals surface area (Å²) < 4.78 is 25.5. The minimum Gasteiger partial charge on any atom is -0.372 e. The van der Waals surface area contributed by atoms with Gasteiger partial charge in [0, 0.05) is 61.7 Å². The maximum atomic E-state index is 13.9. The van der Waals surface area contributed by atoms with E-state index in [0.29, 0.717) is 48.9 Å². The van der Waals surface area contributed by atoms with E-state index in [-0.39, 0.29) is 30.2 Å². The molecule has 0 radical (unpaired) electrons. The first-order valence-electron chi connectivity index (χ1n) is 15.1. The molecular weight excluding hydrogens is 545 g/mol. The fourth-order valence-corrected chi connectivity index (χ4v) is 6.75. The van der Waals surface area contributed by atoms with Gasteiger partial charge in [-0.05, 0) is 73.3 Å². The number of likely N-dealkylation sites (tertiary alicyclic amines) is 2. The van der Waals surface area contributed by atoms with Crippen molar-refractivity contribution in [1.82, 2.24) is 19.8 Å². The molecule has 4 heterocycles. The Morgan fingerprint density at radius 1 is 1.09 bits per heavy atom. The molecule has 1 aromatic heterocycles. The normalized spacial score (nSPS) is 26.7. The van der Waals surface area contributed by atoms with Gasteiger partial charge >= 0.3 is 0 Å². The van der Waals surface area contributed by atoms with E-state index in [4.69, 9.17) is 9.47 Å². The van der Waals surface area contributed by atoms with Crippen LogP contribution in [0.2, 0.25) is 0 Å². The van der Waals surface area contributed by atoms with E-state index in [0.717, 1.165) is 53.9 Å². The molecule has 0 spiro atoms. The van der Waals surface area contributed by atoms with Gasteiger partial charge in [0.1, 0.15) is 18.0 Å². The van der Waals surface area contributed by atoms with Gasteiger partial charge in [-0.1, -0.05) is 17.9 Å². The molecule has 8 nitrogen and oxygen atoms in total. The van der Waals surface area contributed by atoms with Crippen molar-refractivity contribution in [2.24, 2.45) is 17.8 Å². The van der Waals surface area contributed by atoms with Gasteiger partial charge in [-0.2, -0.15) is 0 Å². The van der Waals surface area contributed by atoms with Crippen molar-refractivity contribution in [3.8, 4) is 11.8 Å². The lowest BCUT2D eigenvalue weighted by Gasteiger charge is -2.24. The number of rotatable bonds is 7. The van der Waals surface area contributed by atoms with Gasteiger partial charge in [0.25, 0.3) is 0 Å². The zero-order valence-corrected chi connectivity index (χ0v) is 24.6. The highest BCUT2D eigenvalue weighted by atomic mass is 19.1. The Morgan fingerprint density at radius 3 is 2.60 bits per heavy atom. The number of halogens is 1. The van der Waals surface area contributed by atoms with Gasteiger partial charge in [-0.25, -0.2) is 14.4 Å². The van der Waals surface area contributed by atoms with Crippen molar-refractivity contribution in [3.05, 3.63) is 71.3 Å². The maximum Gasteiger partial charge on any atom is 0.159 e. The predicted molar refractivity (Wildman–Crippen MR) is 163 cm³/mol. The number of benzene rings is 2. The van der Waals surface area contributed by atoms with E-state index in [9.17, 15) is 9.18 Å². The molecule has 4 aliphatic rings. The first-order chi connectivity index (χ1) is 20.9. The van der Waals surface area contributed by atoms with Gasteiger partial charge in [0.05, 0.1) is 30.9 Å². The number of nitrogens with one attached hydrogen (secondary N) is 1. The summed E-state index contributed by atoms with van der Waals surface area (Å²) in [7, 11) is 2.16. The molecule has 4 atom stereocenters. The average Bonchev–Trinajstić information content (AvgIpc) is 3.28. The number of carbonyl (C=O) groups excluding carboxylic acids is 1. The molecule has 1 saturated carbocycles. The number of hydrogen-bond donors (Lipinski definition) is 1. The molecule has 2 aromatic carbocycles. The van der Waals surface area contributed by atoms with Crippen molar-refractivity contribution < 1.29 is 18.7 Å². The molecule has 4 unspecified atom stereocenters. The maximum absolute atomic E-state index is 13.9. The van der Waals surface area contributed by atoms with Crippen LogP contribution in [-0.4, -0.2) is 90.7 Å². The summed E-state index contributed by atoms with van der Waals surface area (Å²) in [5.74, 6) is 9.00. The highest BCUT2D eigenvalue weighted by molar-refractivity contribution is 5.96. The van der Waals surface area contributed by atoms with Crippen LogP contribution in [0, 0.1) is 42.3 Å². The van der Waals surface area contributed by atoms with Crippen LogP contribution in [0.3, 0.4) is 0 Å². The van der Waals surface area contributed by atoms with Crippen molar-refractivity contribution >= 4 is 28.2 Å². The fraction of sp³-hybridized carbons (Fsp3) is 0.441. The first-order valence-corrected chi connectivity index (χ1v) is 15.1. The topological polar surface area (TPSA) is 79.8 Å². The number of ketones is 1. The van der Waals surface area contributed by atoms with E-state index < -0.39 is 0 Å². The van der Waals surface area contributed by atoms with Crippen molar-refractivity contribution in [3.63, 3.8) is 0 Å². The molecule has 1 aliphatic carbocycles. The largest absolute Gasteiger partial charge is 0.372 e. The molecule has 222 valence electrons. The van der Waals surface area contributed by atoms with Crippen LogP contribution in [0.15, 0.2) is 48.8 Å². The minimum atomic E-state index is -0.258. The lowest BCUT2D eigenvalue weighted by Crippen LogP contribution is -2.36. The summed E-state index contributed by atoms with van der Waals surface area (Å²) in [5, 5.41) is 4.09. The van der Waals surface area contributed by atoms with Crippen LogP contribution in [0.25, 0.3) is 10.9 Å². The SMILES string of the molecule is Cc1cc(Nc2ncnc3cc(C#CC4C5CN(C)CC45)c(CC(=O)/C=C/CN4CC5OCCOC5C4)cc23)ccc1F. The molecule has 9 heteroatoms. The summed E-state index contributed by atoms with van der Waals surface area (Å²) in [6.07, 6.45) is 5.57. The van der Waals surface area contributed by atoms with E-state index >= 15 is 0 Å². The third-order valence-corrected chi connectivity index (χ3v) is 9.10. The molecule has 4 fully saturated rings. The van der Waals surface area contributed by atoms with E-state index in [1.807, 2.05) is 18.2 Å².